The van der Waals surface area contributed by atoms with Crippen LogP contribution in [-0.2, 0) is 4.79 Å². The molecule has 0 radical (unpaired) electrons. The molecule has 0 bridgehead atoms. The molecular weight excluding hydrogens is 285 g/mol. The van der Waals surface area contributed by atoms with Gasteiger partial charge in [-0.2, -0.15) is 0 Å². The Balaban J connectivity index is 2.08. The number of methoxy groups -OCH3 is 1. The lowest BCUT2D eigenvalue weighted by molar-refractivity contribution is -0.130. The maximum atomic E-state index is 13.4. The summed E-state index contributed by atoms with van der Waals surface area (Å²) >= 11 is 0. The summed E-state index contributed by atoms with van der Waals surface area (Å²) < 4.78 is 18.3. The van der Waals surface area contributed by atoms with Crippen LogP contribution in [0.4, 0.5) is 4.39 Å². The molecule has 0 saturated heterocycles. The van der Waals surface area contributed by atoms with Crippen molar-refractivity contribution in [1.82, 2.24) is 5.32 Å². The molecule has 2 rings (SSSR count). The van der Waals surface area contributed by atoms with Gasteiger partial charge in [0.05, 0.1) is 13.2 Å². The predicted molar refractivity (Wildman–Crippen MR) is 80.9 cm³/mol. The third-order valence-corrected chi connectivity index (χ3v) is 3.40. The van der Waals surface area contributed by atoms with Crippen LogP contribution < -0.4 is 10.1 Å². The van der Waals surface area contributed by atoms with Crippen molar-refractivity contribution in [2.24, 2.45) is 0 Å². The lowest BCUT2D eigenvalue weighted by Crippen LogP contribution is -2.31. The average molecular weight is 303 g/mol. The van der Waals surface area contributed by atoms with Crippen molar-refractivity contribution in [3.05, 3.63) is 65.5 Å². The van der Waals surface area contributed by atoms with Crippen molar-refractivity contribution in [3.63, 3.8) is 0 Å². The van der Waals surface area contributed by atoms with Crippen molar-refractivity contribution < 1.29 is 19.0 Å². The van der Waals surface area contributed by atoms with Gasteiger partial charge in [-0.3, -0.25) is 4.79 Å². The van der Waals surface area contributed by atoms with Gasteiger partial charge in [0.25, 0.3) is 5.91 Å². The Labute approximate surface area is 128 Å². The van der Waals surface area contributed by atoms with Crippen LogP contribution in [0.2, 0.25) is 0 Å². The van der Waals surface area contributed by atoms with E-state index in [1.165, 1.54) is 19.2 Å². The Bertz CT molecular complexity index is 646. The number of halogens is 1. The van der Waals surface area contributed by atoms with E-state index in [0.717, 1.165) is 0 Å². The summed E-state index contributed by atoms with van der Waals surface area (Å²) in [6.07, 6.45) is -1.24. The van der Waals surface area contributed by atoms with E-state index in [-0.39, 0.29) is 11.8 Å². The molecule has 2 N–H and O–H groups in total. The number of carbonyl (C=O) groups excluding carboxylic acids is 1. The van der Waals surface area contributed by atoms with Crippen LogP contribution in [0, 0.1) is 5.82 Å². The SMILES string of the molecule is COc1cc(C(C)NC(=O)C(O)c2ccccc2)ccc1F. The monoisotopic (exact) mass is 303 g/mol. The van der Waals surface area contributed by atoms with Gasteiger partial charge >= 0.3 is 0 Å². The normalized spacial score (nSPS) is 13.3. The molecule has 2 aromatic carbocycles. The number of benzene rings is 2. The van der Waals surface area contributed by atoms with Gasteiger partial charge in [0.1, 0.15) is 0 Å². The van der Waals surface area contributed by atoms with Gasteiger partial charge in [0.15, 0.2) is 17.7 Å². The number of aliphatic hydroxyl groups excluding tert-OH is 1. The van der Waals surface area contributed by atoms with Gasteiger partial charge in [0, 0.05) is 0 Å². The number of aliphatic hydroxyl groups is 1. The fraction of sp³-hybridized carbons (Fsp3) is 0.235. The molecule has 0 heterocycles. The van der Waals surface area contributed by atoms with Gasteiger partial charge in [-0.1, -0.05) is 36.4 Å². The van der Waals surface area contributed by atoms with Crippen LogP contribution in [0.3, 0.4) is 0 Å². The van der Waals surface area contributed by atoms with Crippen molar-refractivity contribution in [2.45, 2.75) is 19.1 Å². The minimum Gasteiger partial charge on any atom is -0.494 e. The first-order valence-corrected chi connectivity index (χ1v) is 6.89. The van der Waals surface area contributed by atoms with Crippen molar-refractivity contribution >= 4 is 5.91 Å². The molecule has 1 amide bonds. The van der Waals surface area contributed by atoms with Crippen molar-refractivity contribution in [1.29, 1.82) is 0 Å². The number of nitrogens with one attached hydrogen (secondary N) is 1. The summed E-state index contributed by atoms with van der Waals surface area (Å²) in [5.41, 5.74) is 1.20. The topological polar surface area (TPSA) is 58.6 Å². The van der Waals surface area contributed by atoms with E-state index >= 15 is 0 Å². The number of carbonyl (C=O) groups is 1. The van der Waals surface area contributed by atoms with Crippen LogP contribution >= 0.6 is 0 Å². The molecule has 2 atom stereocenters. The zero-order chi connectivity index (χ0) is 16.1. The first kappa shape index (κ1) is 16.0. The maximum Gasteiger partial charge on any atom is 0.253 e. The third-order valence-electron chi connectivity index (χ3n) is 3.40. The van der Waals surface area contributed by atoms with Crippen molar-refractivity contribution in [3.8, 4) is 5.75 Å². The van der Waals surface area contributed by atoms with E-state index in [1.54, 1.807) is 37.3 Å². The molecule has 2 unspecified atom stereocenters. The van der Waals surface area contributed by atoms with Crippen LogP contribution in [0.25, 0.3) is 0 Å². The van der Waals surface area contributed by atoms with E-state index in [0.29, 0.717) is 11.1 Å². The van der Waals surface area contributed by atoms with Crippen molar-refractivity contribution in [2.75, 3.05) is 7.11 Å². The molecule has 0 spiro atoms. The highest BCUT2D eigenvalue weighted by molar-refractivity contribution is 5.82. The molecule has 0 aliphatic heterocycles. The van der Waals surface area contributed by atoms with E-state index in [9.17, 15) is 14.3 Å². The summed E-state index contributed by atoms with van der Waals surface area (Å²) in [4.78, 5) is 12.1. The Morgan fingerprint density at radius 2 is 1.86 bits per heavy atom. The molecule has 0 aromatic heterocycles. The van der Waals surface area contributed by atoms with Gasteiger partial charge < -0.3 is 15.2 Å². The Morgan fingerprint density at radius 3 is 2.50 bits per heavy atom. The standard InChI is InChI=1S/C17H18FNO3/c1-11(13-8-9-14(18)15(10-13)22-2)19-17(21)16(20)12-6-4-3-5-7-12/h3-11,16,20H,1-2H3,(H,19,21). The molecule has 0 aliphatic rings. The number of hydrogen-bond donors (Lipinski definition) is 2. The van der Waals surface area contributed by atoms with E-state index < -0.39 is 17.8 Å². The van der Waals surface area contributed by atoms with E-state index in [4.69, 9.17) is 4.74 Å². The number of rotatable bonds is 5. The van der Waals surface area contributed by atoms with Gasteiger partial charge in [-0.15, -0.1) is 0 Å². The quantitative estimate of drug-likeness (QED) is 0.893. The van der Waals surface area contributed by atoms with Crippen LogP contribution in [0.15, 0.2) is 48.5 Å². The Kier molecular flexibility index (Phi) is 5.12. The molecule has 4 nitrogen and oxygen atoms in total. The smallest absolute Gasteiger partial charge is 0.253 e. The summed E-state index contributed by atoms with van der Waals surface area (Å²) in [6.45, 7) is 1.75. The zero-order valence-electron chi connectivity index (χ0n) is 12.4. The molecule has 0 saturated carbocycles. The highest BCUT2D eigenvalue weighted by atomic mass is 19.1. The fourth-order valence-corrected chi connectivity index (χ4v) is 2.11. The lowest BCUT2D eigenvalue weighted by Gasteiger charge is -2.18. The Morgan fingerprint density at radius 1 is 1.18 bits per heavy atom. The number of hydrogen-bond acceptors (Lipinski definition) is 3. The molecule has 116 valence electrons. The highest BCUT2D eigenvalue weighted by Gasteiger charge is 2.20. The lowest BCUT2D eigenvalue weighted by atomic mass is 10.1. The highest BCUT2D eigenvalue weighted by Crippen LogP contribution is 2.23. The van der Waals surface area contributed by atoms with Gasteiger partial charge in [0.2, 0.25) is 0 Å². The second-order valence-electron chi connectivity index (χ2n) is 4.94. The van der Waals surface area contributed by atoms with Gasteiger partial charge in [-0.05, 0) is 30.2 Å². The first-order valence-electron chi connectivity index (χ1n) is 6.89. The largest absolute Gasteiger partial charge is 0.494 e. The minimum absolute atomic E-state index is 0.113. The predicted octanol–water partition coefficient (Wildman–Crippen LogP) is 2.75. The molecule has 22 heavy (non-hydrogen) atoms. The molecular formula is C17H18FNO3. The second-order valence-corrected chi connectivity index (χ2v) is 4.94. The summed E-state index contributed by atoms with van der Waals surface area (Å²) in [7, 11) is 1.38. The second kappa shape index (κ2) is 7.04. The summed E-state index contributed by atoms with van der Waals surface area (Å²) in [6, 6.07) is 12.6. The third kappa shape index (κ3) is 3.62. The van der Waals surface area contributed by atoms with Crippen LogP contribution in [0.5, 0.6) is 5.75 Å². The van der Waals surface area contributed by atoms with E-state index in [1.807, 2.05) is 6.07 Å². The number of ether oxygens (including phenoxy) is 1. The molecule has 0 aliphatic carbocycles. The van der Waals surface area contributed by atoms with E-state index in [2.05, 4.69) is 5.32 Å². The summed E-state index contributed by atoms with van der Waals surface area (Å²) in [5, 5.41) is 12.7. The molecule has 5 heteroatoms. The number of amides is 1. The first-order chi connectivity index (χ1) is 10.5. The molecule has 2 aromatic rings. The Hall–Kier alpha value is -2.40. The van der Waals surface area contributed by atoms with Crippen LogP contribution in [0.1, 0.15) is 30.2 Å². The summed E-state index contributed by atoms with van der Waals surface area (Å²) in [5.74, 6) is -0.863. The minimum atomic E-state index is -1.24. The zero-order valence-corrected chi connectivity index (χ0v) is 12.4. The van der Waals surface area contributed by atoms with Crippen LogP contribution in [-0.4, -0.2) is 18.1 Å². The maximum absolute atomic E-state index is 13.4. The average Bonchev–Trinajstić information content (AvgIpc) is 2.55. The van der Waals surface area contributed by atoms with Gasteiger partial charge in [-0.25, -0.2) is 4.39 Å². The molecule has 0 fully saturated rings. The fourth-order valence-electron chi connectivity index (χ4n) is 2.11.